The van der Waals surface area contributed by atoms with Gasteiger partial charge in [0.2, 0.25) is 5.91 Å². The number of carbonyl (C=O) groups excluding carboxylic acids is 1. The van der Waals surface area contributed by atoms with Crippen LogP contribution in [0.2, 0.25) is 0 Å². The molecule has 1 amide bonds. The molecule has 1 aliphatic carbocycles. The number of carbonyl (C=O) groups is 1. The highest BCUT2D eigenvalue weighted by atomic mass is 32.2. The monoisotopic (exact) mass is 544 g/mol. The van der Waals surface area contributed by atoms with Gasteiger partial charge in [0, 0.05) is 12.1 Å². The highest BCUT2D eigenvalue weighted by Gasteiger charge is 2.39. The molecule has 0 unspecified atom stereocenters. The van der Waals surface area contributed by atoms with Crippen molar-refractivity contribution >= 4 is 32.9 Å². The van der Waals surface area contributed by atoms with Crippen LogP contribution in [0.25, 0.3) is 11.2 Å². The van der Waals surface area contributed by atoms with Crippen LogP contribution < -0.4 is 15.6 Å². The van der Waals surface area contributed by atoms with Crippen LogP contribution in [0, 0.1) is 30.1 Å². The molecule has 4 aromatic rings. The molecule has 2 aromatic heterocycles. The van der Waals surface area contributed by atoms with Crippen LogP contribution in [0.4, 0.5) is 5.82 Å². The summed E-state index contributed by atoms with van der Waals surface area (Å²) in [5.41, 5.74) is 7.63. The van der Waals surface area contributed by atoms with E-state index in [4.69, 9.17) is 10.00 Å². The number of hydrogen-bond acceptors (Lipinski definition) is 8. The van der Waals surface area contributed by atoms with Crippen LogP contribution in [0.5, 0.6) is 5.75 Å². The third kappa shape index (κ3) is 5.42. The lowest BCUT2D eigenvalue weighted by Crippen LogP contribution is -2.37. The molecule has 5 rings (SSSR count). The maximum atomic E-state index is 13.1. The standard InChI is InChI=1S/C28H28N6O4S/c1-3-20-14-22(38-21-8-6-19(16-29)7-9-21)15-24(20)28(35)33-32-26-17-30-27-25(31-26)12-13-34(27)39(36,37)23-10-4-18(2)5-11-23/h4-13,17,20,22,24H,3,14-15H2,1-2H3,(H,31,32)(H,33,35)/t20-,22-,24+/m1/s1. The first-order valence-corrected chi connectivity index (χ1v) is 14.1. The van der Waals surface area contributed by atoms with Crippen molar-refractivity contribution in [2.75, 3.05) is 5.43 Å². The van der Waals surface area contributed by atoms with Crippen molar-refractivity contribution in [1.82, 2.24) is 19.4 Å². The number of nitrogens with one attached hydrogen (secondary N) is 2. The average molecular weight is 545 g/mol. The minimum absolute atomic E-state index is 0.106. The lowest BCUT2D eigenvalue weighted by molar-refractivity contribution is -0.125. The summed E-state index contributed by atoms with van der Waals surface area (Å²) in [5, 5.41) is 8.97. The van der Waals surface area contributed by atoms with Gasteiger partial charge in [-0.05, 0) is 68.1 Å². The van der Waals surface area contributed by atoms with E-state index in [1.807, 2.05) is 6.92 Å². The summed E-state index contributed by atoms with van der Waals surface area (Å²) >= 11 is 0. The number of anilines is 1. The quantitative estimate of drug-likeness (QED) is 0.315. The van der Waals surface area contributed by atoms with E-state index in [1.165, 1.54) is 12.4 Å². The summed E-state index contributed by atoms with van der Waals surface area (Å²) in [5.74, 6) is 0.702. The maximum absolute atomic E-state index is 13.1. The van der Waals surface area contributed by atoms with Crippen molar-refractivity contribution in [1.29, 1.82) is 5.26 Å². The average Bonchev–Trinajstić information content (AvgIpc) is 3.56. The van der Waals surface area contributed by atoms with Crippen LogP contribution in [0.15, 0.2) is 71.9 Å². The van der Waals surface area contributed by atoms with E-state index in [9.17, 15) is 13.2 Å². The fraction of sp³-hybridized carbons (Fsp3) is 0.286. The highest BCUT2D eigenvalue weighted by Crippen LogP contribution is 2.36. The van der Waals surface area contributed by atoms with E-state index in [2.05, 4.69) is 33.8 Å². The first kappa shape index (κ1) is 26.2. The summed E-state index contributed by atoms with van der Waals surface area (Å²) < 4.78 is 33.4. The Balaban J connectivity index is 1.24. The van der Waals surface area contributed by atoms with Crippen LogP contribution in [0.1, 0.15) is 37.3 Å². The van der Waals surface area contributed by atoms with Gasteiger partial charge in [0.1, 0.15) is 11.3 Å². The molecule has 0 radical (unpaired) electrons. The lowest BCUT2D eigenvalue weighted by Gasteiger charge is -2.17. The van der Waals surface area contributed by atoms with Gasteiger partial charge in [0.25, 0.3) is 10.0 Å². The molecule has 3 atom stereocenters. The zero-order valence-electron chi connectivity index (χ0n) is 21.5. The molecule has 10 nitrogen and oxygen atoms in total. The Bertz CT molecular complexity index is 1640. The predicted molar refractivity (Wildman–Crippen MR) is 145 cm³/mol. The largest absolute Gasteiger partial charge is 0.490 e. The van der Waals surface area contributed by atoms with Crippen LogP contribution in [0.3, 0.4) is 0 Å². The molecule has 0 spiro atoms. The second kappa shape index (κ2) is 10.7. The van der Waals surface area contributed by atoms with Gasteiger partial charge < -0.3 is 4.74 Å². The van der Waals surface area contributed by atoms with Crippen LogP contribution >= 0.6 is 0 Å². The molecule has 200 valence electrons. The molecule has 0 aliphatic heterocycles. The zero-order chi connectivity index (χ0) is 27.6. The highest BCUT2D eigenvalue weighted by molar-refractivity contribution is 7.90. The van der Waals surface area contributed by atoms with Gasteiger partial charge in [-0.1, -0.05) is 31.0 Å². The zero-order valence-corrected chi connectivity index (χ0v) is 22.4. The number of amides is 1. The van der Waals surface area contributed by atoms with Crippen molar-refractivity contribution in [3.8, 4) is 11.8 Å². The molecule has 11 heteroatoms. The minimum Gasteiger partial charge on any atom is -0.490 e. The van der Waals surface area contributed by atoms with Crippen molar-refractivity contribution in [2.24, 2.45) is 11.8 Å². The van der Waals surface area contributed by atoms with E-state index >= 15 is 0 Å². The Morgan fingerprint density at radius 1 is 1.13 bits per heavy atom. The number of hydrazine groups is 1. The molecule has 0 saturated heterocycles. The smallest absolute Gasteiger partial charge is 0.269 e. The molecule has 0 bridgehead atoms. The fourth-order valence-corrected chi connectivity index (χ4v) is 6.22. The molecular formula is C28H28N6O4S. The Hall–Kier alpha value is -4.43. The molecule has 2 N–H and O–H groups in total. The lowest BCUT2D eigenvalue weighted by atomic mass is 9.93. The molecular weight excluding hydrogens is 516 g/mol. The van der Waals surface area contributed by atoms with Crippen molar-refractivity contribution < 1.29 is 17.9 Å². The van der Waals surface area contributed by atoms with Gasteiger partial charge in [-0.15, -0.1) is 0 Å². The van der Waals surface area contributed by atoms with Gasteiger partial charge in [0.15, 0.2) is 11.5 Å². The number of ether oxygens (including phenoxy) is 1. The first-order valence-electron chi connectivity index (χ1n) is 12.7. The van der Waals surface area contributed by atoms with Gasteiger partial charge in [-0.3, -0.25) is 15.6 Å². The number of nitrogens with zero attached hydrogens (tertiary/aromatic N) is 4. The van der Waals surface area contributed by atoms with Crippen LogP contribution in [-0.4, -0.2) is 34.4 Å². The van der Waals surface area contributed by atoms with E-state index < -0.39 is 10.0 Å². The van der Waals surface area contributed by atoms with Crippen molar-refractivity contribution in [3.63, 3.8) is 0 Å². The predicted octanol–water partition coefficient (Wildman–Crippen LogP) is 4.18. The van der Waals surface area contributed by atoms with Gasteiger partial charge in [0.05, 0.1) is 28.8 Å². The SMILES string of the molecule is CC[C@@H]1C[C@@H](Oc2ccc(C#N)cc2)C[C@@H]1C(=O)NNc1cnc2c(ccn2S(=O)(=O)c2ccc(C)cc2)n1. The summed E-state index contributed by atoms with van der Waals surface area (Å²) in [6.07, 6.45) is 4.84. The number of fused-ring (bicyclic) bond motifs is 1. The number of rotatable bonds is 8. The third-order valence-corrected chi connectivity index (χ3v) is 8.73. The molecule has 2 heterocycles. The number of benzene rings is 2. The second-order valence-electron chi connectivity index (χ2n) is 9.63. The third-order valence-electron chi connectivity index (χ3n) is 7.05. The maximum Gasteiger partial charge on any atom is 0.269 e. The molecule has 1 saturated carbocycles. The first-order chi connectivity index (χ1) is 18.8. The van der Waals surface area contributed by atoms with Gasteiger partial charge in [-0.25, -0.2) is 22.4 Å². The molecule has 39 heavy (non-hydrogen) atoms. The molecule has 2 aromatic carbocycles. The Morgan fingerprint density at radius 3 is 2.56 bits per heavy atom. The van der Waals surface area contributed by atoms with Crippen molar-refractivity contribution in [2.45, 2.75) is 44.1 Å². The van der Waals surface area contributed by atoms with E-state index in [0.717, 1.165) is 22.4 Å². The van der Waals surface area contributed by atoms with Gasteiger partial charge in [-0.2, -0.15) is 5.26 Å². The summed E-state index contributed by atoms with van der Waals surface area (Å²) in [6, 6.07) is 17.2. The summed E-state index contributed by atoms with van der Waals surface area (Å²) in [6.45, 7) is 3.94. The number of aryl methyl sites for hydroxylation is 1. The van der Waals surface area contributed by atoms with E-state index in [1.54, 1.807) is 54.6 Å². The Labute approximate surface area is 226 Å². The number of aromatic nitrogens is 3. The molecule has 1 aliphatic rings. The van der Waals surface area contributed by atoms with E-state index in [0.29, 0.717) is 23.3 Å². The summed E-state index contributed by atoms with van der Waals surface area (Å²) in [4.78, 5) is 21.9. The minimum atomic E-state index is -3.83. The summed E-state index contributed by atoms with van der Waals surface area (Å²) in [7, 11) is -3.83. The Morgan fingerprint density at radius 2 is 1.87 bits per heavy atom. The Kier molecular flexibility index (Phi) is 7.21. The second-order valence-corrected chi connectivity index (χ2v) is 11.4. The number of hydrogen-bond donors (Lipinski definition) is 2. The topological polar surface area (TPSA) is 139 Å². The van der Waals surface area contributed by atoms with Crippen molar-refractivity contribution in [3.05, 3.63) is 78.1 Å². The van der Waals surface area contributed by atoms with E-state index in [-0.39, 0.29) is 40.2 Å². The number of nitriles is 1. The van der Waals surface area contributed by atoms with Gasteiger partial charge >= 0.3 is 0 Å². The molecule has 1 fully saturated rings. The fourth-order valence-electron chi connectivity index (χ4n) is 4.93. The normalized spacial score (nSPS) is 18.9. The van der Waals surface area contributed by atoms with Crippen LogP contribution in [-0.2, 0) is 14.8 Å².